The van der Waals surface area contributed by atoms with Crippen LogP contribution in [-0.2, 0) is 9.59 Å². The van der Waals surface area contributed by atoms with Crippen molar-refractivity contribution in [1.29, 1.82) is 5.26 Å². The summed E-state index contributed by atoms with van der Waals surface area (Å²) in [6.45, 7) is 6.20. The second kappa shape index (κ2) is 9.98. The molecule has 2 heterocycles. The highest BCUT2D eigenvalue weighted by molar-refractivity contribution is 6.08. The van der Waals surface area contributed by atoms with Gasteiger partial charge in [-0.15, -0.1) is 0 Å². The number of nitriles is 1. The van der Waals surface area contributed by atoms with Crippen LogP contribution in [0.1, 0.15) is 31.4 Å². The van der Waals surface area contributed by atoms with E-state index in [4.69, 9.17) is 10.00 Å². The van der Waals surface area contributed by atoms with Gasteiger partial charge in [-0.2, -0.15) is 5.26 Å². The Bertz CT molecular complexity index is 1260. The average molecular weight is 469 g/mol. The number of piperazine rings is 1. The zero-order valence-corrected chi connectivity index (χ0v) is 20.2. The van der Waals surface area contributed by atoms with E-state index in [9.17, 15) is 9.59 Å². The largest absolute Gasteiger partial charge is 0.494 e. The molecular formula is C28H28N4O3. The number of ether oxygens (including phenoxy) is 1. The Balaban J connectivity index is 1.34. The molecule has 0 unspecified atom stereocenters. The summed E-state index contributed by atoms with van der Waals surface area (Å²) in [7, 11) is 0. The minimum atomic E-state index is -0.983. The first kappa shape index (κ1) is 24.0. The van der Waals surface area contributed by atoms with Crippen LogP contribution >= 0.6 is 0 Å². The van der Waals surface area contributed by atoms with Crippen LogP contribution in [0.15, 0.2) is 67.0 Å². The summed E-state index contributed by atoms with van der Waals surface area (Å²) in [5, 5.41) is 9.16. The van der Waals surface area contributed by atoms with Crippen LogP contribution in [0.25, 0.3) is 11.1 Å². The van der Waals surface area contributed by atoms with E-state index in [1.165, 1.54) is 4.90 Å². The number of rotatable bonds is 7. The molecular weight excluding hydrogens is 440 g/mol. The Kier molecular flexibility index (Phi) is 6.83. The quantitative estimate of drug-likeness (QED) is 0.481. The smallest absolute Gasteiger partial charge is 0.252 e. The van der Waals surface area contributed by atoms with Crippen LogP contribution in [0.3, 0.4) is 0 Å². The van der Waals surface area contributed by atoms with E-state index in [0.717, 1.165) is 22.4 Å². The van der Waals surface area contributed by atoms with Gasteiger partial charge >= 0.3 is 0 Å². The first-order chi connectivity index (χ1) is 16.8. The molecule has 35 heavy (non-hydrogen) atoms. The van der Waals surface area contributed by atoms with Gasteiger partial charge in [0.2, 0.25) is 5.91 Å². The number of carbonyl (C=O) groups excluding carboxylic acids is 2. The number of hydrogen-bond acceptors (Lipinski definition) is 5. The lowest BCUT2D eigenvalue weighted by Gasteiger charge is -2.45. The standard InChI is InChI=1S/C28H28N4O3/c1-20-17-24(8-5-23(20)18-29)31-19-26(33)32(28(2,3)27(31)34)15-4-16-35-25-9-6-21(7-10-25)22-11-13-30-14-12-22/h5-14,17H,4,15-16,19H2,1-3H3. The molecule has 1 aromatic heterocycles. The summed E-state index contributed by atoms with van der Waals surface area (Å²) in [4.78, 5) is 33.5. The molecule has 0 bridgehead atoms. The summed E-state index contributed by atoms with van der Waals surface area (Å²) >= 11 is 0. The molecule has 0 N–H and O–H groups in total. The van der Waals surface area contributed by atoms with Crippen molar-refractivity contribution in [2.45, 2.75) is 32.7 Å². The fourth-order valence-corrected chi connectivity index (χ4v) is 4.30. The molecule has 4 rings (SSSR count). The van der Waals surface area contributed by atoms with Crippen molar-refractivity contribution in [3.63, 3.8) is 0 Å². The number of aryl methyl sites for hydroxylation is 1. The van der Waals surface area contributed by atoms with E-state index in [0.29, 0.717) is 30.8 Å². The van der Waals surface area contributed by atoms with Gasteiger partial charge in [-0.1, -0.05) is 12.1 Å². The summed E-state index contributed by atoms with van der Waals surface area (Å²) in [6, 6.07) is 19.1. The zero-order valence-electron chi connectivity index (χ0n) is 20.2. The van der Waals surface area contributed by atoms with E-state index < -0.39 is 5.54 Å². The molecule has 1 saturated heterocycles. The zero-order chi connectivity index (χ0) is 25.0. The maximum Gasteiger partial charge on any atom is 0.252 e. The van der Waals surface area contributed by atoms with Crippen molar-refractivity contribution in [2.75, 3.05) is 24.6 Å². The molecule has 2 amide bonds. The first-order valence-corrected chi connectivity index (χ1v) is 11.6. The topological polar surface area (TPSA) is 86.5 Å². The number of anilines is 1. The molecule has 1 fully saturated rings. The van der Waals surface area contributed by atoms with Crippen LogP contribution in [0, 0.1) is 18.3 Å². The second-order valence-electron chi connectivity index (χ2n) is 9.07. The van der Waals surface area contributed by atoms with Gasteiger partial charge in [0.1, 0.15) is 17.8 Å². The molecule has 0 spiro atoms. The Hall–Kier alpha value is -4.18. The summed E-state index contributed by atoms with van der Waals surface area (Å²) in [6.07, 6.45) is 4.13. The number of nitrogens with zero attached hydrogens (tertiary/aromatic N) is 4. The van der Waals surface area contributed by atoms with Crippen LogP contribution in [0.2, 0.25) is 0 Å². The predicted octanol–water partition coefficient (Wildman–Crippen LogP) is 4.35. The maximum absolute atomic E-state index is 13.3. The lowest BCUT2D eigenvalue weighted by atomic mass is 9.95. The third-order valence-electron chi connectivity index (χ3n) is 6.34. The second-order valence-corrected chi connectivity index (χ2v) is 9.07. The molecule has 2 aromatic carbocycles. The third kappa shape index (κ3) is 5.02. The van der Waals surface area contributed by atoms with Crippen molar-refractivity contribution in [3.8, 4) is 22.9 Å². The van der Waals surface area contributed by atoms with Crippen molar-refractivity contribution in [2.24, 2.45) is 0 Å². The van der Waals surface area contributed by atoms with E-state index in [-0.39, 0.29) is 18.4 Å². The summed E-state index contributed by atoms with van der Waals surface area (Å²) in [5.74, 6) is 0.498. The van der Waals surface area contributed by atoms with Gasteiger partial charge < -0.3 is 14.5 Å². The molecule has 0 radical (unpaired) electrons. The van der Waals surface area contributed by atoms with Crippen LogP contribution in [0.5, 0.6) is 5.75 Å². The number of amides is 2. The highest BCUT2D eigenvalue weighted by atomic mass is 16.5. The normalized spacial score (nSPS) is 15.1. The molecule has 3 aromatic rings. The number of carbonyl (C=O) groups is 2. The van der Waals surface area contributed by atoms with Crippen molar-refractivity contribution in [3.05, 3.63) is 78.1 Å². The van der Waals surface area contributed by atoms with Crippen molar-refractivity contribution >= 4 is 17.5 Å². The van der Waals surface area contributed by atoms with Crippen molar-refractivity contribution in [1.82, 2.24) is 9.88 Å². The van der Waals surface area contributed by atoms with Crippen LogP contribution in [-0.4, -0.2) is 46.9 Å². The predicted molar refractivity (Wildman–Crippen MR) is 134 cm³/mol. The molecule has 0 saturated carbocycles. The maximum atomic E-state index is 13.3. The molecule has 178 valence electrons. The number of hydrogen-bond donors (Lipinski definition) is 0. The average Bonchev–Trinajstić information content (AvgIpc) is 2.86. The summed E-state index contributed by atoms with van der Waals surface area (Å²) < 4.78 is 5.87. The minimum Gasteiger partial charge on any atom is -0.494 e. The van der Waals surface area contributed by atoms with Crippen LogP contribution in [0.4, 0.5) is 5.69 Å². The number of pyridine rings is 1. The van der Waals surface area contributed by atoms with Gasteiger partial charge in [-0.05, 0) is 86.3 Å². The minimum absolute atomic E-state index is 0.0229. The fraction of sp³-hybridized carbons (Fsp3) is 0.286. The van der Waals surface area contributed by atoms with E-state index >= 15 is 0 Å². The SMILES string of the molecule is Cc1cc(N2CC(=O)N(CCCOc3ccc(-c4ccncc4)cc3)C(C)(C)C2=O)ccc1C#N. The molecule has 1 aliphatic heterocycles. The van der Waals surface area contributed by atoms with Gasteiger partial charge in [-0.3, -0.25) is 14.6 Å². The lowest BCUT2D eigenvalue weighted by molar-refractivity contribution is -0.148. The van der Waals surface area contributed by atoms with Crippen molar-refractivity contribution < 1.29 is 14.3 Å². The van der Waals surface area contributed by atoms with Crippen LogP contribution < -0.4 is 9.64 Å². The van der Waals surface area contributed by atoms with Gasteiger partial charge in [0.05, 0.1) is 18.2 Å². The Morgan fingerprint density at radius 3 is 2.37 bits per heavy atom. The molecule has 7 heteroatoms. The van der Waals surface area contributed by atoms with Gasteiger partial charge in [0.25, 0.3) is 5.91 Å². The molecule has 1 aliphatic rings. The summed E-state index contributed by atoms with van der Waals surface area (Å²) in [5.41, 5.74) is 3.15. The Morgan fingerprint density at radius 2 is 1.71 bits per heavy atom. The fourth-order valence-electron chi connectivity index (χ4n) is 4.30. The Labute approximate surface area is 205 Å². The third-order valence-corrected chi connectivity index (χ3v) is 6.34. The lowest BCUT2D eigenvalue weighted by Crippen LogP contribution is -2.66. The van der Waals surface area contributed by atoms with Gasteiger partial charge in [0, 0.05) is 24.6 Å². The highest BCUT2D eigenvalue weighted by Crippen LogP contribution is 2.29. The molecule has 7 nitrogen and oxygen atoms in total. The number of aromatic nitrogens is 1. The molecule has 0 aliphatic carbocycles. The molecule has 0 atom stereocenters. The highest BCUT2D eigenvalue weighted by Gasteiger charge is 2.45. The Morgan fingerprint density at radius 1 is 1.03 bits per heavy atom. The van der Waals surface area contributed by atoms with Gasteiger partial charge in [-0.25, -0.2) is 0 Å². The van der Waals surface area contributed by atoms with Gasteiger partial charge in [0.15, 0.2) is 0 Å². The van der Waals surface area contributed by atoms with E-state index in [1.807, 2.05) is 43.3 Å². The monoisotopic (exact) mass is 468 g/mol. The van der Waals surface area contributed by atoms with E-state index in [2.05, 4.69) is 11.1 Å². The first-order valence-electron chi connectivity index (χ1n) is 11.6. The van der Waals surface area contributed by atoms with E-state index in [1.54, 1.807) is 49.3 Å². The number of benzene rings is 2.